The number of benzene rings is 1. The van der Waals surface area contributed by atoms with Crippen LogP contribution >= 0.6 is 11.6 Å². The molecule has 0 fully saturated rings. The van der Waals surface area contributed by atoms with Crippen LogP contribution < -0.4 is 5.32 Å². The second-order valence-corrected chi connectivity index (χ2v) is 5.20. The first-order valence-electron chi connectivity index (χ1n) is 6.52. The summed E-state index contributed by atoms with van der Waals surface area (Å²) in [5.74, 6) is -0.678. The molecule has 7 heteroatoms. The van der Waals surface area contributed by atoms with E-state index in [1.54, 1.807) is 19.9 Å². The van der Waals surface area contributed by atoms with E-state index in [2.05, 4.69) is 5.32 Å². The average molecular weight is 310 g/mol. The Kier molecular flexibility index (Phi) is 6.12. The second-order valence-electron chi connectivity index (χ2n) is 4.80. The normalized spacial score (nSPS) is 13.0. The number of nitrogens with zero attached hydrogens (tertiary/aromatic N) is 2. The Morgan fingerprint density at radius 3 is 2.71 bits per heavy atom. The molecule has 0 spiro atoms. The lowest BCUT2D eigenvalue weighted by molar-refractivity contribution is -0.531. The number of anilines is 1. The minimum atomic E-state index is -0.736. The standard InChI is InChI=1S/C14H16ClN3O3/c1-3-13(18(20)21)9(2)6-14(19)17-11-5-4-10(8-16)12(15)7-11/h4-5,7,9,13H,3,6H2,1-2H3,(H,17,19)/t9-,13+/m0/s1. The predicted molar refractivity (Wildman–Crippen MR) is 79.7 cm³/mol. The smallest absolute Gasteiger partial charge is 0.224 e. The van der Waals surface area contributed by atoms with Crippen LogP contribution in [-0.2, 0) is 4.79 Å². The van der Waals surface area contributed by atoms with E-state index in [1.807, 2.05) is 6.07 Å². The van der Waals surface area contributed by atoms with Crippen LogP contribution in [0, 0.1) is 27.4 Å². The van der Waals surface area contributed by atoms with Crippen molar-refractivity contribution in [3.63, 3.8) is 0 Å². The molecule has 6 nitrogen and oxygen atoms in total. The Hall–Kier alpha value is -2.13. The Labute approximate surface area is 127 Å². The van der Waals surface area contributed by atoms with Crippen LogP contribution in [0.4, 0.5) is 5.69 Å². The van der Waals surface area contributed by atoms with Crippen molar-refractivity contribution >= 4 is 23.2 Å². The van der Waals surface area contributed by atoms with Gasteiger partial charge in [-0.1, -0.05) is 25.4 Å². The molecule has 0 aliphatic heterocycles. The molecule has 1 rings (SSSR count). The molecule has 0 saturated heterocycles. The Bertz CT molecular complexity index is 583. The van der Waals surface area contributed by atoms with Crippen molar-refractivity contribution in [3.05, 3.63) is 38.9 Å². The molecule has 0 heterocycles. The van der Waals surface area contributed by atoms with E-state index in [9.17, 15) is 14.9 Å². The van der Waals surface area contributed by atoms with Gasteiger partial charge < -0.3 is 5.32 Å². The highest BCUT2D eigenvalue weighted by Gasteiger charge is 2.27. The Morgan fingerprint density at radius 2 is 2.24 bits per heavy atom. The van der Waals surface area contributed by atoms with Crippen LogP contribution in [0.25, 0.3) is 0 Å². The van der Waals surface area contributed by atoms with Crippen LogP contribution in [-0.4, -0.2) is 16.9 Å². The highest BCUT2D eigenvalue weighted by Crippen LogP contribution is 2.21. The quantitative estimate of drug-likeness (QED) is 0.644. The van der Waals surface area contributed by atoms with Gasteiger partial charge in [0, 0.05) is 29.4 Å². The van der Waals surface area contributed by atoms with Gasteiger partial charge in [-0.25, -0.2) is 0 Å². The topological polar surface area (TPSA) is 96.0 Å². The number of hydrogen-bond donors (Lipinski definition) is 1. The average Bonchev–Trinajstić information content (AvgIpc) is 2.38. The highest BCUT2D eigenvalue weighted by molar-refractivity contribution is 6.32. The van der Waals surface area contributed by atoms with Gasteiger partial charge in [0.05, 0.1) is 10.6 Å². The van der Waals surface area contributed by atoms with Crippen LogP contribution in [0.1, 0.15) is 32.3 Å². The summed E-state index contributed by atoms with van der Waals surface area (Å²) in [6.45, 7) is 3.41. The third kappa shape index (κ3) is 4.72. The molecule has 21 heavy (non-hydrogen) atoms. The number of nitrogens with one attached hydrogen (secondary N) is 1. The molecule has 0 saturated carbocycles. The summed E-state index contributed by atoms with van der Waals surface area (Å²) in [6, 6.07) is 5.74. The molecule has 0 unspecified atom stereocenters. The fourth-order valence-corrected chi connectivity index (χ4v) is 2.31. The number of amides is 1. The maximum absolute atomic E-state index is 11.9. The van der Waals surface area contributed by atoms with Crippen LogP contribution in [0.5, 0.6) is 0 Å². The van der Waals surface area contributed by atoms with Gasteiger partial charge in [0.15, 0.2) is 0 Å². The molecular weight excluding hydrogens is 294 g/mol. The Morgan fingerprint density at radius 1 is 1.57 bits per heavy atom. The zero-order valence-corrected chi connectivity index (χ0v) is 12.6. The summed E-state index contributed by atoms with van der Waals surface area (Å²) >= 11 is 5.87. The van der Waals surface area contributed by atoms with E-state index in [1.165, 1.54) is 12.1 Å². The minimum absolute atomic E-state index is 0.0527. The minimum Gasteiger partial charge on any atom is -0.326 e. The molecule has 0 bridgehead atoms. The third-order valence-corrected chi connectivity index (χ3v) is 3.54. The molecule has 1 aromatic carbocycles. The molecule has 0 aromatic heterocycles. The molecule has 1 aromatic rings. The van der Waals surface area contributed by atoms with E-state index in [4.69, 9.17) is 16.9 Å². The first-order chi connectivity index (χ1) is 9.88. The summed E-state index contributed by atoms with van der Waals surface area (Å²) in [4.78, 5) is 22.4. The molecule has 2 atom stereocenters. The Balaban J connectivity index is 2.68. The van der Waals surface area contributed by atoms with Gasteiger partial charge in [-0.3, -0.25) is 14.9 Å². The lowest BCUT2D eigenvalue weighted by atomic mass is 9.96. The zero-order valence-electron chi connectivity index (χ0n) is 11.8. The molecule has 1 N–H and O–H groups in total. The van der Waals surface area contributed by atoms with Crippen LogP contribution in [0.3, 0.4) is 0 Å². The summed E-state index contributed by atoms with van der Waals surface area (Å²) in [7, 11) is 0. The van der Waals surface area contributed by atoms with E-state index in [-0.39, 0.29) is 28.2 Å². The first-order valence-corrected chi connectivity index (χ1v) is 6.89. The number of hydrogen-bond acceptors (Lipinski definition) is 4. The summed E-state index contributed by atoms with van der Waals surface area (Å²) in [6.07, 6.45) is 0.432. The molecule has 0 aliphatic carbocycles. The van der Waals surface area contributed by atoms with Gasteiger partial charge in [0.25, 0.3) is 0 Å². The van der Waals surface area contributed by atoms with E-state index in [0.717, 1.165) is 0 Å². The van der Waals surface area contributed by atoms with Gasteiger partial charge in [-0.15, -0.1) is 0 Å². The number of carbonyl (C=O) groups is 1. The maximum atomic E-state index is 11.9. The largest absolute Gasteiger partial charge is 0.326 e. The lowest BCUT2D eigenvalue weighted by Crippen LogP contribution is -2.29. The maximum Gasteiger partial charge on any atom is 0.224 e. The number of halogens is 1. The zero-order chi connectivity index (χ0) is 16.0. The van der Waals surface area contributed by atoms with Crippen molar-refractivity contribution in [2.45, 2.75) is 32.7 Å². The van der Waals surface area contributed by atoms with Crippen LogP contribution in [0.2, 0.25) is 5.02 Å². The molecule has 1 amide bonds. The fraction of sp³-hybridized carbons (Fsp3) is 0.429. The van der Waals surface area contributed by atoms with Crippen LogP contribution in [0.15, 0.2) is 18.2 Å². The van der Waals surface area contributed by atoms with Gasteiger partial charge >= 0.3 is 0 Å². The second kappa shape index (κ2) is 7.60. The van der Waals surface area contributed by atoms with Crippen molar-refractivity contribution in [1.29, 1.82) is 5.26 Å². The number of nitro groups is 1. The summed E-state index contributed by atoms with van der Waals surface area (Å²) in [5, 5.41) is 22.5. The highest BCUT2D eigenvalue weighted by atomic mass is 35.5. The van der Waals surface area contributed by atoms with Gasteiger partial charge in [-0.2, -0.15) is 5.26 Å². The van der Waals surface area contributed by atoms with E-state index in [0.29, 0.717) is 17.7 Å². The van der Waals surface area contributed by atoms with Crippen molar-refractivity contribution in [3.8, 4) is 6.07 Å². The van der Waals surface area contributed by atoms with Gasteiger partial charge in [0.1, 0.15) is 6.07 Å². The monoisotopic (exact) mass is 309 g/mol. The first kappa shape index (κ1) is 16.9. The van der Waals surface area contributed by atoms with Crippen molar-refractivity contribution < 1.29 is 9.72 Å². The molecule has 112 valence electrons. The fourth-order valence-electron chi connectivity index (χ4n) is 2.08. The van der Waals surface area contributed by atoms with E-state index < -0.39 is 6.04 Å². The molecule has 0 aliphatic rings. The van der Waals surface area contributed by atoms with Crippen molar-refractivity contribution in [2.24, 2.45) is 5.92 Å². The van der Waals surface area contributed by atoms with Crippen molar-refractivity contribution in [1.82, 2.24) is 0 Å². The molecule has 0 radical (unpaired) electrons. The number of rotatable bonds is 6. The molecular formula is C14H16ClN3O3. The predicted octanol–water partition coefficient (Wildman–Crippen LogP) is 3.23. The summed E-state index contributed by atoms with van der Waals surface area (Å²) in [5.41, 5.74) is 0.785. The third-order valence-electron chi connectivity index (χ3n) is 3.23. The van der Waals surface area contributed by atoms with Crippen molar-refractivity contribution in [2.75, 3.05) is 5.32 Å². The summed E-state index contributed by atoms with van der Waals surface area (Å²) < 4.78 is 0. The SMILES string of the molecule is CC[C@H]([C@@H](C)CC(=O)Nc1ccc(C#N)c(Cl)c1)[N+](=O)[O-]. The van der Waals surface area contributed by atoms with Gasteiger partial charge in [-0.05, 0) is 18.2 Å². The lowest BCUT2D eigenvalue weighted by Gasteiger charge is -2.15. The number of carbonyl (C=O) groups excluding carboxylic acids is 1. The number of nitriles is 1. The van der Waals surface area contributed by atoms with Gasteiger partial charge in [0.2, 0.25) is 11.9 Å². The van der Waals surface area contributed by atoms with E-state index >= 15 is 0 Å².